The fourth-order valence-corrected chi connectivity index (χ4v) is 1.18. The van der Waals surface area contributed by atoms with E-state index in [2.05, 4.69) is 14.9 Å². The van der Waals surface area contributed by atoms with Crippen molar-refractivity contribution in [3.05, 3.63) is 30.3 Å². The number of hydroxylamine groups is 2. The number of imide groups is 1. The van der Waals surface area contributed by atoms with Gasteiger partial charge in [-0.15, -0.1) is 0 Å². The molecule has 1 aliphatic heterocycles. The summed E-state index contributed by atoms with van der Waals surface area (Å²) in [4.78, 5) is 37.8. The van der Waals surface area contributed by atoms with Gasteiger partial charge < -0.3 is 9.57 Å². The molecule has 1 aliphatic rings. The second-order valence-corrected chi connectivity index (χ2v) is 3.11. The molecule has 1 aromatic rings. The van der Waals surface area contributed by atoms with Gasteiger partial charge in [0.25, 0.3) is 0 Å². The number of carbonyl (C=O) groups excluding carboxylic acids is 3. The molecule has 0 aromatic heterocycles. The summed E-state index contributed by atoms with van der Waals surface area (Å²) in [6.07, 6.45) is -1.94. The van der Waals surface area contributed by atoms with Crippen LogP contribution in [-0.4, -0.2) is 29.8 Å². The van der Waals surface area contributed by atoms with Gasteiger partial charge in [0.2, 0.25) is 0 Å². The summed E-state index contributed by atoms with van der Waals surface area (Å²) in [5.41, 5.74) is 0.484. The lowest BCUT2D eigenvalue weighted by molar-refractivity contribution is -0.146. The van der Waals surface area contributed by atoms with Crippen molar-refractivity contribution < 1.29 is 24.0 Å². The molecule has 7 heteroatoms. The molecule has 1 fully saturated rings. The first-order chi connectivity index (χ1) is 8.16. The molecule has 0 atom stereocenters. The second kappa shape index (κ2) is 4.52. The van der Waals surface area contributed by atoms with Crippen molar-refractivity contribution in [3.8, 4) is 0 Å². The molecule has 0 unspecified atom stereocenters. The van der Waals surface area contributed by atoms with Crippen molar-refractivity contribution >= 4 is 23.8 Å². The quantitative estimate of drug-likeness (QED) is 0.831. The smallest absolute Gasteiger partial charge is 0.437 e. The average Bonchev–Trinajstić information content (AvgIpc) is 2.62. The zero-order chi connectivity index (χ0) is 12.3. The van der Waals surface area contributed by atoms with Crippen LogP contribution in [0.5, 0.6) is 0 Å². The molecule has 17 heavy (non-hydrogen) atoms. The molecule has 88 valence electrons. The Kier molecular flexibility index (Phi) is 2.91. The maximum Gasteiger partial charge on any atom is 0.451 e. The predicted molar refractivity (Wildman–Crippen MR) is 54.7 cm³/mol. The third kappa shape index (κ3) is 2.51. The number of rotatable bonds is 2. The molecule has 7 nitrogen and oxygen atoms in total. The van der Waals surface area contributed by atoms with E-state index < -0.39 is 24.7 Å². The largest absolute Gasteiger partial charge is 0.451 e. The summed E-state index contributed by atoms with van der Waals surface area (Å²) in [6, 6.07) is 8.46. The molecule has 0 spiro atoms. The van der Waals surface area contributed by atoms with Crippen LogP contribution in [0.15, 0.2) is 30.3 Å². The van der Waals surface area contributed by atoms with Crippen molar-refractivity contribution in [2.45, 2.75) is 0 Å². The molecule has 3 amide bonds. The van der Waals surface area contributed by atoms with Crippen molar-refractivity contribution in [1.82, 2.24) is 5.06 Å². The van der Waals surface area contributed by atoms with Gasteiger partial charge >= 0.3 is 18.1 Å². The third-order valence-electron chi connectivity index (χ3n) is 1.91. The van der Waals surface area contributed by atoms with E-state index in [1.807, 2.05) is 0 Å². The van der Waals surface area contributed by atoms with E-state index in [1.54, 1.807) is 30.3 Å². The summed E-state index contributed by atoms with van der Waals surface area (Å²) >= 11 is 0. The number of hydrogen-bond acceptors (Lipinski definition) is 5. The normalized spacial score (nSPS) is 14.5. The Hall–Kier alpha value is -2.57. The van der Waals surface area contributed by atoms with Gasteiger partial charge in [-0.1, -0.05) is 23.3 Å². The number of nitrogens with zero attached hydrogens (tertiary/aromatic N) is 1. The lowest BCUT2D eigenvalue weighted by Crippen LogP contribution is -2.33. The lowest BCUT2D eigenvalue weighted by Gasteiger charge is -2.10. The Morgan fingerprint density at radius 3 is 2.59 bits per heavy atom. The minimum atomic E-state index is -1.00. The highest BCUT2D eigenvalue weighted by Crippen LogP contribution is 2.09. The highest BCUT2D eigenvalue weighted by atomic mass is 16.8. The van der Waals surface area contributed by atoms with Crippen LogP contribution < -0.4 is 5.32 Å². The van der Waals surface area contributed by atoms with Crippen molar-refractivity contribution in [2.75, 3.05) is 11.9 Å². The average molecular weight is 236 g/mol. The van der Waals surface area contributed by atoms with Crippen LogP contribution in [0.1, 0.15) is 0 Å². The number of carbonyl (C=O) groups is 3. The van der Waals surface area contributed by atoms with Gasteiger partial charge in [-0.3, -0.25) is 10.1 Å². The summed E-state index contributed by atoms with van der Waals surface area (Å²) in [5, 5.41) is 2.62. The predicted octanol–water partition coefficient (Wildman–Crippen LogP) is 1.13. The number of hydrogen-bond donors (Lipinski definition) is 1. The van der Waals surface area contributed by atoms with E-state index in [9.17, 15) is 14.4 Å². The van der Waals surface area contributed by atoms with E-state index in [1.165, 1.54) is 0 Å². The lowest BCUT2D eigenvalue weighted by atomic mass is 10.3. The maximum absolute atomic E-state index is 11.3. The molecule has 0 saturated carbocycles. The van der Waals surface area contributed by atoms with E-state index in [0.717, 1.165) is 0 Å². The SMILES string of the molecule is O=C(Nc1ccccc1)ON1C(=O)COC1=O. The van der Waals surface area contributed by atoms with Crippen LogP contribution in [0.2, 0.25) is 0 Å². The zero-order valence-corrected chi connectivity index (χ0v) is 8.58. The Morgan fingerprint density at radius 1 is 1.29 bits per heavy atom. The first kappa shape index (κ1) is 10.9. The monoisotopic (exact) mass is 236 g/mol. The topological polar surface area (TPSA) is 84.9 Å². The Morgan fingerprint density at radius 2 is 2.00 bits per heavy atom. The minimum absolute atomic E-state index is 0.276. The fourth-order valence-electron chi connectivity index (χ4n) is 1.18. The van der Waals surface area contributed by atoms with Gasteiger partial charge in [-0.2, -0.15) is 0 Å². The highest BCUT2D eigenvalue weighted by molar-refractivity contribution is 5.98. The molecular weight excluding hydrogens is 228 g/mol. The summed E-state index contributed by atoms with van der Waals surface area (Å²) in [7, 11) is 0. The minimum Gasteiger partial charge on any atom is -0.437 e. The molecule has 0 bridgehead atoms. The van der Waals surface area contributed by atoms with Gasteiger partial charge in [0.1, 0.15) is 0 Å². The zero-order valence-electron chi connectivity index (χ0n) is 8.58. The van der Waals surface area contributed by atoms with Gasteiger partial charge in [-0.05, 0) is 12.1 Å². The third-order valence-corrected chi connectivity index (χ3v) is 1.91. The summed E-state index contributed by atoms with van der Waals surface area (Å²) in [5.74, 6) is -0.724. The van der Waals surface area contributed by atoms with E-state index >= 15 is 0 Å². The molecular formula is C10H8N2O5. The molecule has 1 heterocycles. The molecule has 1 saturated heterocycles. The van der Waals surface area contributed by atoms with Gasteiger partial charge in [0.05, 0.1) is 0 Å². The van der Waals surface area contributed by atoms with Crippen LogP contribution in [-0.2, 0) is 14.4 Å². The van der Waals surface area contributed by atoms with Gasteiger partial charge in [0, 0.05) is 5.69 Å². The van der Waals surface area contributed by atoms with E-state index in [4.69, 9.17) is 0 Å². The molecule has 1 N–H and O–H groups in total. The second-order valence-electron chi connectivity index (χ2n) is 3.11. The number of anilines is 1. The first-order valence-electron chi connectivity index (χ1n) is 4.70. The number of para-hydroxylation sites is 1. The van der Waals surface area contributed by atoms with Crippen molar-refractivity contribution in [1.29, 1.82) is 0 Å². The van der Waals surface area contributed by atoms with Gasteiger partial charge in [0.15, 0.2) is 6.61 Å². The number of benzene rings is 1. The molecule has 0 radical (unpaired) electrons. The summed E-state index contributed by atoms with van der Waals surface area (Å²) < 4.78 is 4.36. The standard InChI is InChI=1S/C10H8N2O5/c13-8-6-16-10(15)12(8)17-9(14)11-7-4-2-1-3-5-7/h1-5H,6H2,(H,11,14). The number of nitrogens with one attached hydrogen (secondary N) is 1. The van der Waals surface area contributed by atoms with Crippen LogP contribution in [0, 0.1) is 0 Å². The van der Waals surface area contributed by atoms with Crippen molar-refractivity contribution in [2.24, 2.45) is 0 Å². The van der Waals surface area contributed by atoms with Crippen LogP contribution >= 0.6 is 0 Å². The van der Waals surface area contributed by atoms with Crippen molar-refractivity contribution in [3.63, 3.8) is 0 Å². The Labute approximate surface area is 95.9 Å². The first-order valence-corrected chi connectivity index (χ1v) is 4.70. The van der Waals surface area contributed by atoms with E-state index in [-0.39, 0.29) is 5.06 Å². The van der Waals surface area contributed by atoms with Crippen LogP contribution in [0.4, 0.5) is 15.3 Å². The molecule has 0 aliphatic carbocycles. The number of amides is 3. The van der Waals surface area contributed by atoms with Gasteiger partial charge in [-0.25, -0.2) is 9.59 Å². The van der Waals surface area contributed by atoms with Crippen LogP contribution in [0.25, 0.3) is 0 Å². The number of cyclic esters (lactones) is 1. The Balaban J connectivity index is 1.94. The highest BCUT2D eigenvalue weighted by Gasteiger charge is 2.35. The maximum atomic E-state index is 11.3. The summed E-state index contributed by atoms with van der Waals surface area (Å²) in [6.45, 7) is -0.419. The number of ether oxygens (including phenoxy) is 1. The fraction of sp³-hybridized carbons (Fsp3) is 0.100. The Bertz CT molecular complexity index is 443. The van der Waals surface area contributed by atoms with E-state index in [0.29, 0.717) is 5.69 Å². The molecule has 2 rings (SSSR count). The molecule has 1 aromatic carbocycles. The van der Waals surface area contributed by atoms with Crippen LogP contribution in [0.3, 0.4) is 0 Å².